The number of halogens is 2. The molecule has 1 atom stereocenters. The minimum absolute atomic E-state index is 0.0475. The zero-order valence-electron chi connectivity index (χ0n) is 10.9. The highest BCUT2D eigenvalue weighted by Crippen LogP contribution is 2.32. The van der Waals surface area contributed by atoms with Crippen LogP contribution in [0.1, 0.15) is 29.9 Å². The summed E-state index contributed by atoms with van der Waals surface area (Å²) in [7, 11) is 0. The largest absolute Gasteiger partial charge is 0.298 e. The Bertz CT molecular complexity index is 699. The SMILES string of the molecule is O=c1c(I)c(Cl)ncn1CC1CCCc2ccccc21. The first-order chi connectivity index (χ1) is 9.66. The van der Waals surface area contributed by atoms with Crippen molar-refractivity contribution in [3.63, 3.8) is 0 Å². The number of nitrogens with zero attached hydrogens (tertiary/aromatic N) is 2. The fourth-order valence-corrected chi connectivity index (χ4v) is 3.43. The van der Waals surface area contributed by atoms with E-state index in [1.807, 2.05) is 22.6 Å². The summed E-state index contributed by atoms with van der Waals surface area (Å²) in [5, 5.41) is 0.288. The van der Waals surface area contributed by atoms with E-state index in [-0.39, 0.29) is 10.7 Å². The fraction of sp³-hybridized carbons (Fsp3) is 0.333. The highest BCUT2D eigenvalue weighted by Gasteiger charge is 2.21. The molecule has 0 saturated heterocycles. The molecule has 1 aromatic carbocycles. The highest BCUT2D eigenvalue weighted by molar-refractivity contribution is 14.1. The molecule has 1 unspecified atom stereocenters. The summed E-state index contributed by atoms with van der Waals surface area (Å²) >= 11 is 7.84. The third-order valence-electron chi connectivity index (χ3n) is 3.85. The van der Waals surface area contributed by atoms with E-state index in [4.69, 9.17) is 11.6 Å². The Morgan fingerprint density at radius 2 is 2.20 bits per heavy atom. The molecule has 3 rings (SSSR count). The van der Waals surface area contributed by atoms with Crippen LogP contribution in [-0.4, -0.2) is 9.55 Å². The van der Waals surface area contributed by atoms with Gasteiger partial charge < -0.3 is 0 Å². The first-order valence-electron chi connectivity index (χ1n) is 6.65. The molecule has 2 aromatic rings. The molecule has 0 aliphatic heterocycles. The first-order valence-corrected chi connectivity index (χ1v) is 8.10. The van der Waals surface area contributed by atoms with Gasteiger partial charge in [0, 0.05) is 12.5 Å². The molecule has 0 amide bonds. The standard InChI is InChI=1S/C15H14ClIN2O/c16-14-13(17)15(20)19(9-18-14)8-11-6-3-5-10-4-1-2-7-12(10)11/h1-2,4,7,9,11H,3,5-6,8H2. The molecule has 0 spiro atoms. The van der Waals surface area contributed by atoms with E-state index in [0.717, 1.165) is 12.8 Å². The summed E-state index contributed by atoms with van der Waals surface area (Å²) in [6.07, 6.45) is 4.99. The number of fused-ring (bicyclic) bond motifs is 1. The topological polar surface area (TPSA) is 34.9 Å². The molecule has 20 heavy (non-hydrogen) atoms. The van der Waals surface area contributed by atoms with Crippen molar-refractivity contribution in [3.05, 3.63) is 60.8 Å². The minimum Gasteiger partial charge on any atom is -0.298 e. The Balaban J connectivity index is 1.94. The summed E-state index contributed by atoms with van der Waals surface area (Å²) in [5.74, 6) is 0.386. The van der Waals surface area contributed by atoms with Crippen molar-refractivity contribution in [2.75, 3.05) is 0 Å². The maximum absolute atomic E-state index is 12.2. The summed E-state index contributed by atoms with van der Waals surface area (Å²) in [5.41, 5.74) is 2.73. The zero-order chi connectivity index (χ0) is 14.1. The maximum atomic E-state index is 12.2. The number of aryl methyl sites for hydroxylation is 1. The van der Waals surface area contributed by atoms with E-state index in [0.29, 0.717) is 16.0 Å². The monoisotopic (exact) mass is 400 g/mol. The van der Waals surface area contributed by atoms with Gasteiger partial charge in [0.15, 0.2) is 0 Å². The van der Waals surface area contributed by atoms with Gasteiger partial charge in [0.25, 0.3) is 5.56 Å². The van der Waals surface area contributed by atoms with Gasteiger partial charge in [-0.3, -0.25) is 9.36 Å². The molecule has 1 aliphatic rings. The minimum atomic E-state index is -0.0475. The van der Waals surface area contributed by atoms with Crippen LogP contribution < -0.4 is 5.56 Å². The molecule has 5 heteroatoms. The van der Waals surface area contributed by atoms with Gasteiger partial charge >= 0.3 is 0 Å². The lowest BCUT2D eigenvalue weighted by Gasteiger charge is -2.26. The summed E-state index contributed by atoms with van der Waals surface area (Å²) in [4.78, 5) is 16.3. The van der Waals surface area contributed by atoms with E-state index in [1.165, 1.54) is 17.5 Å². The normalized spacial score (nSPS) is 17.8. The lowest BCUT2D eigenvalue weighted by molar-refractivity contribution is 0.471. The van der Waals surface area contributed by atoms with Gasteiger partial charge in [-0.2, -0.15) is 0 Å². The lowest BCUT2D eigenvalue weighted by atomic mass is 9.83. The Kier molecular flexibility index (Phi) is 4.12. The third kappa shape index (κ3) is 2.63. The number of hydrogen-bond acceptors (Lipinski definition) is 2. The Hall–Kier alpha value is -0.880. The summed E-state index contributed by atoms with van der Waals surface area (Å²) < 4.78 is 2.18. The third-order valence-corrected chi connectivity index (χ3v) is 5.43. The van der Waals surface area contributed by atoms with E-state index in [9.17, 15) is 4.79 Å². The molecule has 1 heterocycles. The smallest absolute Gasteiger partial charge is 0.268 e. The van der Waals surface area contributed by atoms with Crippen LogP contribution in [0.2, 0.25) is 5.15 Å². The van der Waals surface area contributed by atoms with Crippen molar-refractivity contribution < 1.29 is 0 Å². The van der Waals surface area contributed by atoms with Crippen LogP contribution in [0.3, 0.4) is 0 Å². The van der Waals surface area contributed by atoms with Crippen molar-refractivity contribution >= 4 is 34.2 Å². The first kappa shape index (κ1) is 14.1. The van der Waals surface area contributed by atoms with E-state index in [1.54, 1.807) is 10.9 Å². The Labute approximate surface area is 136 Å². The van der Waals surface area contributed by atoms with Gasteiger partial charge in [-0.25, -0.2) is 4.98 Å². The molecule has 1 aromatic heterocycles. The molecule has 0 radical (unpaired) electrons. The van der Waals surface area contributed by atoms with Crippen molar-refractivity contribution in [2.24, 2.45) is 0 Å². The predicted octanol–water partition coefficient (Wildman–Crippen LogP) is 3.62. The molecular weight excluding hydrogens is 387 g/mol. The number of aromatic nitrogens is 2. The van der Waals surface area contributed by atoms with Crippen LogP contribution in [0.4, 0.5) is 0 Å². The van der Waals surface area contributed by atoms with Crippen molar-refractivity contribution in [1.29, 1.82) is 0 Å². The Morgan fingerprint density at radius 3 is 3.05 bits per heavy atom. The molecule has 0 bridgehead atoms. The molecular formula is C15H14ClIN2O. The molecule has 104 valence electrons. The highest BCUT2D eigenvalue weighted by atomic mass is 127. The average Bonchev–Trinajstić information content (AvgIpc) is 2.48. The van der Waals surface area contributed by atoms with Gasteiger partial charge in [-0.05, 0) is 53.0 Å². The quantitative estimate of drug-likeness (QED) is 0.570. The second-order valence-corrected chi connectivity index (χ2v) is 6.53. The fourth-order valence-electron chi connectivity index (χ4n) is 2.86. The van der Waals surface area contributed by atoms with E-state index in [2.05, 4.69) is 29.2 Å². The number of benzene rings is 1. The lowest BCUT2D eigenvalue weighted by Crippen LogP contribution is -2.27. The van der Waals surface area contributed by atoms with Gasteiger partial charge in [0.05, 0.1) is 6.33 Å². The van der Waals surface area contributed by atoms with Gasteiger partial charge in [-0.1, -0.05) is 35.9 Å². The van der Waals surface area contributed by atoms with Gasteiger partial charge in [0.1, 0.15) is 8.72 Å². The molecule has 1 aliphatic carbocycles. The van der Waals surface area contributed by atoms with Crippen molar-refractivity contribution in [2.45, 2.75) is 31.7 Å². The second-order valence-electron chi connectivity index (χ2n) is 5.09. The van der Waals surface area contributed by atoms with Crippen LogP contribution >= 0.6 is 34.2 Å². The average molecular weight is 401 g/mol. The molecule has 0 saturated carbocycles. The van der Waals surface area contributed by atoms with Crippen LogP contribution in [0.5, 0.6) is 0 Å². The van der Waals surface area contributed by atoms with Crippen LogP contribution in [0.15, 0.2) is 35.4 Å². The molecule has 0 N–H and O–H groups in total. The van der Waals surface area contributed by atoms with Crippen LogP contribution in [0, 0.1) is 3.57 Å². The van der Waals surface area contributed by atoms with Crippen molar-refractivity contribution in [1.82, 2.24) is 9.55 Å². The van der Waals surface area contributed by atoms with E-state index >= 15 is 0 Å². The zero-order valence-corrected chi connectivity index (χ0v) is 13.8. The molecule has 0 fully saturated rings. The number of hydrogen-bond donors (Lipinski definition) is 0. The maximum Gasteiger partial charge on any atom is 0.268 e. The number of rotatable bonds is 2. The van der Waals surface area contributed by atoms with Gasteiger partial charge in [-0.15, -0.1) is 0 Å². The summed E-state index contributed by atoms with van der Waals surface area (Å²) in [6.45, 7) is 0.677. The van der Waals surface area contributed by atoms with Gasteiger partial charge in [0.2, 0.25) is 0 Å². The Morgan fingerprint density at radius 1 is 1.40 bits per heavy atom. The summed E-state index contributed by atoms with van der Waals surface area (Å²) in [6, 6.07) is 8.52. The van der Waals surface area contributed by atoms with E-state index < -0.39 is 0 Å². The molecule has 3 nitrogen and oxygen atoms in total. The van der Waals surface area contributed by atoms with Crippen molar-refractivity contribution in [3.8, 4) is 0 Å². The second kappa shape index (κ2) is 5.85. The van der Waals surface area contributed by atoms with Crippen LogP contribution in [0.25, 0.3) is 0 Å². The van der Waals surface area contributed by atoms with Crippen LogP contribution in [-0.2, 0) is 13.0 Å². The predicted molar refractivity (Wildman–Crippen MR) is 88.3 cm³/mol.